The van der Waals surface area contributed by atoms with Crippen LogP contribution in [0.4, 0.5) is 10.1 Å². The van der Waals surface area contributed by atoms with E-state index in [2.05, 4.69) is 31.8 Å². The van der Waals surface area contributed by atoms with E-state index in [1.165, 1.54) is 0 Å². The molecule has 0 saturated carbocycles. The SMILES string of the molecule is COc1cc(N2CCc3nc(-c4ncccn4)ncc3C2C)cc(F)c1C. The fourth-order valence-electron chi connectivity index (χ4n) is 3.46. The molecule has 0 amide bonds. The van der Waals surface area contributed by atoms with E-state index in [1.807, 2.05) is 12.3 Å². The third-order valence-electron chi connectivity index (χ3n) is 5.01. The van der Waals surface area contributed by atoms with Crippen LogP contribution in [0.3, 0.4) is 0 Å². The van der Waals surface area contributed by atoms with Crippen molar-refractivity contribution in [2.24, 2.45) is 0 Å². The minimum atomic E-state index is -0.268. The maximum Gasteiger partial charge on any atom is 0.197 e. The third-order valence-corrected chi connectivity index (χ3v) is 5.01. The van der Waals surface area contributed by atoms with E-state index in [1.54, 1.807) is 38.6 Å². The quantitative estimate of drug-likeness (QED) is 0.708. The fraction of sp³-hybridized carbons (Fsp3) is 0.300. The molecule has 0 aliphatic carbocycles. The van der Waals surface area contributed by atoms with Gasteiger partial charge in [0.25, 0.3) is 0 Å². The monoisotopic (exact) mass is 365 g/mol. The van der Waals surface area contributed by atoms with Crippen LogP contribution in [-0.4, -0.2) is 33.6 Å². The van der Waals surface area contributed by atoms with Crippen molar-refractivity contribution in [3.8, 4) is 17.4 Å². The number of hydrogen-bond acceptors (Lipinski definition) is 6. The highest BCUT2D eigenvalue weighted by atomic mass is 19.1. The number of anilines is 1. The van der Waals surface area contributed by atoms with Crippen molar-refractivity contribution in [1.29, 1.82) is 0 Å². The summed E-state index contributed by atoms with van der Waals surface area (Å²) in [5.74, 6) is 1.32. The Hall–Kier alpha value is -3.09. The number of fused-ring (bicyclic) bond motifs is 1. The first-order valence-corrected chi connectivity index (χ1v) is 8.82. The van der Waals surface area contributed by atoms with Gasteiger partial charge < -0.3 is 9.64 Å². The summed E-state index contributed by atoms with van der Waals surface area (Å²) in [6.07, 6.45) is 5.91. The number of nitrogens with zero attached hydrogens (tertiary/aromatic N) is 5. The molecule has 1 aromatic carbocycles. The molecule has 138 valence electrons. The molecule has 0 fully saturated rings. The number of rotatable bonds is 3. The van der Waals surface area contributed by atoms with Crippen LogP contribution in [0.25, 0.3) is 11.6 Å². The summed E-state index contributed by atoms with van der Waals surface area (Å²) in [4.78, 5) is 19.7. The number of aromatic nitrogens is 4. The zero-order valence-electron chi connectivity index (χ0n) is 15.5. The Kier molecular flexibility index (Phi) is 4.43. The van der Waals surface area contributed by atoms with E-state index in [-0.39, 0.29) is 11.9 Å². The van der Waals surface area contributed by atoms with Crippen molar-refractivity contribution >= 4 is 5.69 Å². The van der Waals surface area contributed by atoms with Crippen LogP contribution in [0.15, 0.2) is 36.8 Å². The number of hydrogen-bond donors (Lipinski definition) is 0. The predicted molar refractivity (Wildman–Crippen MR) is 100 cm³/mol. The summed E-state index contributed by atoms with van der Waals surface area (Å²) < 4.78 is 19.6. The van der Waals surface area contributed by atoms with Gasteiger partial charge in [-0.2, -0.15) is 0 Å². The molecule has 6 nitrogen and oxygen atoms in total. The molecule has 0 bridgehead atoms. The summed E-state index contributed by atoms with van der Waals surface area (Å²) in [6.45, 7) is 4.52. The first-order valence-electron chi connectivity index (χ1n) is 8.82. The molecular weight excluding hydrogens is 345 g/mol. The average Bonchev–Trinajstić information content (AvgIpc) is 2.70. The molecule has 4 rings (SSSR count). The molecule has 0 spiro atoms. The van der Waals surface area contributed by atoms with Crippen LogP contribution >= 0.6 is 0 Å². The smallest absolute Gasteiger partial charge is 0.197 e. The summed E-state index contributed by atoms with van der Waals surface area (Å²) in [5, 5.41) is 0. The third kappa shape index (κ3) is 3.09. The molecule has 3 aromatic rings. The average molecular weight is 365 g/mol. The zero-order chi connectivity index (χ0) is 19.0. The van der Waals surface area contributed by atoms with Crippen LogP contribution in [0.2, 0.25) is 0 Å². The highest BCUT2D eigenvalue weighted by molar-refractivity contribution is 5.57. The second-order valence-corrected chi connectivity index (χ2v) is 6.54. The molecule has 0 N–H and O–H groups in total. The topological polar surface area (TPSA) is 64.0 Å². The minimum absolute atomic E-state index is 0.0197. The molecule has 1 unspecified atom stereocenters. The molecular formula is C20H20FN5O. The van der Waals surface area contributed by atoms with E-state index in [9.17, 15) is 4.39 Å². The van der Waals surface area contributed by atoms with Crippen LogP contribution < -0.4 is 9.64 Å². The van der Waals surface area contributed by atoms with Gasteiger partial charge in [-0.25, -0.2) is 24.3 Å². The second kappa shape index (κ2) is 6.90. The Morgan fingerprint density at radius 2 is 1.93 bits per heavy atom. The Morgan fingerprint density at radius 1 is 1.15 bits per heavy atom. The highest BCUT2D eigenvalue weighted by Gasteiger charge is 2.27. The van der Waals surface area contributed by atoms with Gasteiger partial charge in [0.05, 0.1) is 18.8 Å². The van der Waals surface area contributed by atoms with Crippen LogP contribution in [0, 0.1) is 12.7 Å². The van der Waals surface area contributed by atoms with Gasteiger partial charge in [-0.15, -0.1) is 0 Å². The van der Waals surface area contributed by atoms with Crippen molar-refractivity contribution in [2.45, 2.75) is 26.3 Å². The van der Waals surface area contributed by atoms with Crippen LogP contribution in [0.1, 0.15) is 29.8 Å². The molecule has 7 heteroatoms. The zero-order valence-corrected chi connectivity index (χ0v) is 15.5. The van der Waals surface area contributed by atoms with Gasteiger partial charge in [0, 0.05) is 54.4 Å². The first-order chi connectivity index (χ1) is 13.1. The largest absolute Gasteiger partial charge is 0.496 e. The normalized spacial score (nSPS) is 16.1. The molecule has 0 radical (unpaired) electrons. The standard InChI is InChI=1S/C20H20FN5O/c1-12-16(21)9-14(10-18(12)27-3)26-8-5-17-15(13(26)2)11-24-20(25-17)19-22-6-4-7-23-19/h4,6-7,9-11,13H,5,8H2,1-3H3. The molecule has 3 heterocycles. The van der Waals surface area contributed by atoms with E-state index in [4.69, 9.17) is 4.74 Å². The number of ether oxygens (including phenoxy) is 1. The van der Waals surface area contributed by atoms with Gasteiger partial charge in [-0.05, 0) is 26.0 Å². The predicted octanol–water partition coefficient (Wildman–Crippen LogP) is 3.51. The van der Waals surface area contributed by atoms with Crippen molar-refractivity contribution in [2.75, 3.05) is 18.6 Å². The van der Waals surface area contributed by atoms with Gasteiger partial charge in [-0.1, -0.05) is 0 Å². The fourth-order valence-corrected chi connectivity index (χ4v) is 3.46. The maximum atomic E-state index is 14.3. The second-order valence-electron chi connectivity index (χ2n) is 6.54. The summed E-state index contributed by atoms with van der Waals surface area (Å²) in [7, 11) is 1.56. The van der Waals surface area contributed by atoms with Gasteiger partial charge in [0.2, 0.25) is 0 Å². The summed E-state index contributed by atoms with van der Waals surface area (Å²) in [6, 6.07) is 5.22. The Bertz CT molecular complexity index is 980. The lowest BCUT2D eigenvalue weighted by Gasteiger charge is -2.36. The maximum absolute atomic E-state index is 14.3. The Morgan fingerprint density at radius 3 is 2.67 bits per heavy atom. The molecule has 1 aliphatic rings. The molecule has 2 aromatic heterocycles. The number of halogens is 1. The lowest BCUT2D eigenvalue weighted by molar-refractivity contribution is 0.407. The Balaban J connectivity index is 1.68. The summed E-state index contributed by atoms with van der Waals surface area (Å²) in [5.41, 5.74) is 3.32. The van der Waals surface area contributed by atoms with E-state index in [0.717, 1.165) is 29.9 Å². The molecule has 1 atom stereocenters. The van der Waals surface area contributed by atoms with Gasteiger partial charge in [0.1, 0.15) is 11.6 Å². The molecule has 0 saturated heterocycles. The summed E-state index contributed by atoms with van der Waals surface area (Å²) >= 11 is 0. The van der Waals surface area contributed by atoms with Gasteiger partial charge in [-0.3, -0.25) is 0 Å². The minimum Gasteiger partial charge on any atom is -0.496 e. The lowest BCUT2D eigenvalue weighted by atomic mass is 9.98. The molecule has 27 heavy (non-hydrogen) atoms. The van der Waals surface area contributed by atoms with Crippen LogP contribution in [0.5, 0.6) is 5.75 Å². The number of methoxy groups -OCH3 is 1. The van der Waals surface area contributed by atoms with E-state index < -0.39 is 0 Å². The van der Waals surface area contributed by atoms with E-state index in [0.29, 0.717) is 23.0 Å². The highest BCUT2D eigenvalue weighted by Crippen LogP contribution is 2.36. The number of benzene rings is 1. The first kappa shape index (κ1) is 17.3. The van der Waals surface area contributed by atoms with Gasteiger partial charge >= 0.3 is 0 Å². The lowest BCUT2D eigenvalue weighted by Crippen LogP contribution is -2.35. The Labute approximate surface area is 157 Å². The van der Waals surface area contributed by atoms with Crippen molar-refractivity contribution in [3.05, 3.63) is 59.4 Å². The molecule has 1 aliphatic heterocycles. The van der Waals surface area contributed by atoms with Gasteiger partial charge in [0.15, 0.2) is 11.6 Å². The van der Waals surface area contributed by atoms with Crippen molar-refractivity contribution in [3.63, 3.8) is 0 Å². The van der Waals surface area contributed by atoms with Crippen molar-refractivity contribution < 1.29 is 9.13 Å². The van der Waals surface area contributed by atoms with Crippen LogP contribution in [-0.2, 0) is 6.42 Å². The van der Waals surface area contributed by atoms with E-state index >= 15 is 0 Å². The van der Waals surface area contributed by atoms with Crippen molar-refractivity contribution in [1.82, 2.24) is 19.9 Å².